The fourth-order valence-corrected chi connectivity index (χ4v) is 5.34. The number of carbonyl (C=O) groups is 1. The maximum Gasteiger partial charge on any atom is 0.352 e. The molecule has 12 heteroatoms. The summed E-state index contributed by atoms with van der Waals surface area (Å²) in [5.41, 5.74) is 8.36. The number of carboxylic acids is 1. The number of aliphatic hydroxyl groups excluding tert-OH is 1. The Morgan fingerprint density at radius 2 is 1.85 bits per heavy atom. The van der Waals surface area contributed by atoms with Gasteiger partial charge in [-0.1, -0.05) is 18.2 Å². The normalized spacial score (nSPS) is 15.5. The van der Waals surface area contributed by atoms with E-state index >= 15 is 0 Å². The lowest BCUT2D eigenvalue weighted by Crippen LogP contribution is -2.44. The fourth-order valence-electron chi connectivity index (χ4n) is 4.43. The van der Waals surface area contributed by atoms with Crippen LogP contribution in [0.5, 0.6) is 0 Å². The Kier molecular flexibility index (Phi) is 8.40. The Morgan fingerprint density at radius 3 is 2.46 bits per heavy atom. The largest absolute Gasteiger partial charge is 0.477 e. The van der Waals surface area contributed by atoms with Gasteiger partial charge in [0.05, 0.1) is 4.90 Å². The Labute approximate surface area is 227 Å². The van der Waals surface area contributed by atoms with Crippen molar-refractivity contribution >= 4 is 32.7 Å². The summed E-state index contributed by atoms with van der Waals surface area (Å²) in [4.78, 5) is 18.0. The number of sulfonamides is 1. The molecule has 0 spiro atoms. The minimum Gasteiger partial charge on any atom is -0.477 e. The molecule has 2 heterocycles. The summed E-state index contributed by atoms with van der Waals surface area (Å²) in [5.74, 6) is -0.607. The van der Waals surface area contributed by atoms with Gasteiger partial charge in [-0.2, -0.15) is 0 Å². The van der Waals surface area contributed by atoms with Crippen LogP contribution in [0.4, 0.5) is 0 Å². The van der Waals surface area contributed by atoms with Crippen LogP contribution in [0.3, 0.4) is 0 Å². The molecule has 11 nitrogen and oxygen atoms in total. The summed E-state index contributed by atoms with van der Waals surface area (Å²) in [5, 5.41) is 24.4. The number of hydrogen-bond acceptors (Lipinski definition) is 8. The van der Waals surface area contributed by atoms with Crippen LogP contribution in [-0.4, -0.2) is 83.8 Å². The van der Waals surface area contributed by atoms with Crippen molar-refractivity contribution in [3.05, 3.63) is 77.6 Å². The zero-order chi connectivity index (χ0) is 28.3. The average molecular weight is 555 g/mol. The molecule has 0 bridgehead atoms. The molecule has 0 aliphatic carbocycles. The number of amidine groups is 1. The summed E-state index contributed by atoms with van der Waals surface area (Å²) in [6.45, 7) is 2.95. The molecule has 1 aromatic heterocycles. The van der Waals surface area contributed by atoms with E-state index in [4.69, 9.17) is 5.73 Å². The van der Waals surface area contributed by atoms with Gasteiger partial charge in [0.2, 0.25) is 10.0 Å². The fraction of sp³-hybridized carbons (Fsp3) is 0.333. The van der Waals surface area contributed by atoms with E-state index in [0.717, 1.165) is 26.3 Å². The van der Waals surface area contributed by atoms with Gasteiger partial charge in [-0.05, 0) is 60.9 Å². The molecule has 5 N–H and O–H groups in total. The van der Waals surface area contributed by atoms with Gasteiger partial charge in [-0.3, -0.25) is 0 Å². The predicted molar refractivity (Wildman–Crippen MR) is 150 cm³/mol. The third-order valence-electron chi connectivity index (χ3n) is 6.65. The van der Waals surface area contributed by atoms with Crippen molar-refractivity contribution in [3.8, 4) is 0 Å². The van der Waals surface area contributed by atoms with E-state index in [1.807, 2.05) is 25.1 Å². The molecule has 0 amide bonds. The third kappa shape index (κ3) is 6.48. The molecule has 208 valence electrons. The number of nitrogens with one attached hydrogen (secondary N) is 1. The van der Waals surface area contributed by atoms with Crippen molar-refractivity contribution in [2.75, 3.05) is 27.3 Å². The molecule has 0 saturated carbocycles. The molecule has 0 radical (unpaired) electrons. The standard InChI is InChI=1S/C27H34N6O5S/c1-18(29-15-26(34)32-11-10-25(28)30-17-32)12-20-6-9-23-21(13-20)14-24(27(35)36)33(23)16-19-4-7-22(8-5-19)39(37,38)31(2)3/h4-11,13-14,18,26,29,34H,12,15-17H2,1-3H3,(H2,28,30)(H,35,36). The quantitative estimate of drug-likeness (QED) is 0.279. The third-order valence-corrected chi connectivity index (χ3v) is 8.48. The number of aliphatic imine (C=N–C) groups is 1. The van der Waals surface area contributed by atoms with Gasteiger partial charge < -0.3 is 30.7 Å². The van der Waals surface area contributed by atoms with Crippen molar-refractivity contribution in [2.45, 2.75) is 37.1 Å². The van der Waals surface area contributed by atoms with Crippen LogP contribution in [-0.2, 0) is 23.0 Å². The summed E-state index contributed by atoms with van der Waals surface area (Å²) < 4.78 is 27.6. The molecule has 2 atom stereocenters. The highest BCUT2D eigenvalue weighted by Gasteiger charge is 2.19. The van der Waals surface area contributed by atoms with Crippen LogP contribution in [0.25, 0.3) is 10.9 Å². The van der Waals surface area contributed by atoms with Gasteiger partial charge in [0.25, 0.3) is 0 Å². The summed E-state index contributed by atoms with van der Waals surface area (Å²) in [7, 11) is -0.596. The van der Waals surface area contributed by atoms with Crippen LogP contribution in [0.2, 0.25) is 0 Å². The topological polar surface area (TPSA) is 153 Å². The van der Waals surface area contributed by atoms with Crippen LogP contribution in [0.1, 0.15) is 28.5 Å². The molecule has 4 rings (SSSR count). The van der Waals surface area contributed by atoms with Crippen LogP contribution >= 0.6 is 0 Å². The first-order chi connectivity index (χ1) is 18.5. The first-order valence-corrected chi connectivity index (χ1v) is 13.9. The van der Waals surface area contributed by atoms with E-state index in [0.29, 0.717) is 25.5 Å². The van der Waals surface area contributed by atoms with Crippen LogP contribution in [0.15, 0.2) is 70.7 Å². The van der Waals surface area contributed by atoms with E-state index < -0.39 is 22.2 Å². The molecule has 2 unspecified atom stereocenters. The zero-order valence-corrected chi connectivity index (χ0v) is 23.0. The number of nitrogens with two attached hydrogens (primary N) is 1. The van der Waals surface area contributed by atoms with Gasteiger partial charge in [0, 0.05) is 50.3 Å². The number of aromatic carboxylic acids is 1. The van der Waals surface area contributed by atoms with E-state index in [1.54, 1.807) is 39.9 Å². The number of rotatable bonds is 11. The smallest absolute Gasteiger partial charge is 0.352 e. The van der Waals surface area contributed by atoms with E-state index in [2.05, 4.69) is 10.3 Å². The highest BCUT2D eigenvalue weighted by Crippen LogP contribution is 2.24. The number of aromatic nitrogens is 1. The minimum atomic E-state index is -3.55. The Hall–Kier alpha value is -3.71. The van der Waals surface area contributed by atoms with Gasteiger partial charge in [0.1, 0.15) is 24.4 Å². The van der Waals surface area contributed by atoms with E-state index in [1.165, 1.54) is 26.2 Å². The number of aliphatic hydroxyl groups is 1. The van der Waals surface area contributed by atoms with Crippen LogP contribution < -0.4 is 11.1 Å². The minimum absolute atomic E-state index is 0.0532. The molecule has 0 fully saturated rings. The molecule has 1 aliphatic heterocycles. The second-order valence-corrected chi connectivity index (χ2v) is 11.9. The SMILES string of the molecule is CC(Cc1ccc2c(c1)cc(C(=O)O)n2Cc1ccc(S(=O)(=O)N(C)C)cc1)NCC(O)N1C=CC(N)=NC1. The van der Waals surface area contributed by atoms with Gasteiger partial charge in [0.15, 0.2) is 0 Å². The molecular weight excluding hydrogens is 520 g/mol. The van der Waals surface area contributed by atoms with Crippen molar-refractivity contribution in [1.82, 2.24) is 19.1 Å². The average Bonchev–Trinajstić information content (AvgIpc) is 3.25. The van der Waals surface area contributed by atoms with Crippen molar-refractivity contribution in [1.29, 1.82) is 0 Å². The molecular formula is C27H34N6O5S. The Bertz CT molecular complexity index is 1510. The summed E-state index contributed by atoms with van der Waals surface area (Å²) in [6.07, 6.45) is 3.30. The number of nitrogens with zero attached hydrogens (tertiary/aromatic N) is 4. The van der Waals surface area contributed by atoms with Crippen molar-refractivity contribution < 1.29 is 23.4 Å². The van der Waals surface area contributed by atoms with Gasteiger partial charge >= 0.3 is 5.97 Å². The monoisotopic (exact) mass is 554 g/mol. The molecule has 39 heavy (non-hydrogen) atoms. The Balaban J connectivity index is 1.46. The van der Waals surface area contributed by atoms with Crippen molar-refractivity contribution in [3.63, 3.8) is 0 Å². The van der Waals surface area contributed by atoms with Gasteiger partial charge in [-0.25, -0.2) is 22.5 Å². The lowest BCUT2D eigenvalue weighted by Gasteiger charge is -2.28. The molecule has 2 aromatic carbocycles. The maximum atomic E-state index is 12.4. The molecule has 0 saturated heterocycles. The first kappa shape index (κ1) is 28.3. The zero-order valence-electron chi connectivity index (χ0n) is 22.2. The lowest BCUT2D eigenvalue weighted by molar-refractivity contribution is 0.0375. The number of benzene rings is 2. The molecule has 1 aliphatic rings. The number of hydrogen-bond donors (Lipinski definition) is 4. The Morgan fingerprint density at radius 1 is 1.15 bits per heavy atom. The number of fused-ring (bicyclic) bond motifs is 1. The van der Waals surface area contributed by atoms with E-state index in [-0.39, 0.29) is 23.2 Å². The van der Waals surface area contributed by atoms with Crippen molar-refractivity contribution in [2.24, 2.45) is 10.7 Å². The van der Waals surface area contributed by atoms with Gasteiger partial charge in [-0.15, -0.1) is 0 Å². The maximum absolute atomic E-state index is 12.4. The second kappa shape index (κ2) is 11.6. The first-order valence-electron chi connectivity index (χ1n) is 12.5. The second-order valence-electron chi connectivity index (χ2n) is 9.79. The highest BCUT2D eigenvalue weighted by molar-refractivity contribution is 7.89. The summed E-state index contributed by atoms with van der Waals surface area (Å²) >= 11 is 0. The van der Waals surface area contributed by atoms with Crippen LogP contribution in [0, 0.1) is 0 Å². The predicted octanol–water partition coefficient (Wildman–Crippen LogP) is 1.62. The summed E-state index contributed by atoms with van der Waals surface area (Å²) in [6, 6.07) is 14.0. The lowest BCUT2D eigenvalue weighted by atomic mass is 10.1. The highest BCUT2D eigenvalue weighted by atomic mass is 32.2. The van der Waals surface area contributed by atoms with E-state index in [9.17, 15) is 23.4 Å². The molecule has 3 aromatic rings. The number of carboxylic acid groups (broad SMARTS) is 1.